The third-order valence-corrected chi connectivity index (χ3v) is 5.71. The van der Waals surface area contributed by atoms with E-state index < -0.39 is 0 Å². The smallest absolute Gasteiger partial charge is 0.0303 e. The van der Waals surface area contributed by atoms with E-state index in [1.54, 1.807) is 0 Å². The van der Waals surface area contributed by atoms with E-state index in [9.17, 15) is 0 Å². The number of nitrogens with two attached hydrogens (primary N) is 1. The minimum absolute atomic E-state index is 0.542. The molecule has 0 radical (unpaired) electrons. The van der Waals surface area contributed by atoms with Gasteiger partial charge in [-0.25, -0.2) is 0 Å². The molecule has 94 valence electrons. The fourth-order valence-corrected chi connectivity index (χ4v) is 4.56. The summed E-state index contributed by atoms with van der Waals surface area (Å²) in [6.45, 7) is 2.24. The van der Waals surface area contributed by atoms with Crippen LogP contribution in [-0.2, 0) is 0 Å². The van der Waals surface area contributed by atoms with Gasteiger partial charge in [0, 0.05) is 11.8 Å². The lowest BCUT2D eigenvalue weighted by Crippen LogP contribution is -2.39. The number of nitrogens with one attached hydrogen (secondary N) is 1. The standard InChI is InChI=1S/C13H26N2S/c1-2-5-16-9-13(15-14)8-12-7-10-3-4-11(12)6-10/h10-13,15H,2-9,14H2,1H3. The molecule has 16 heavy (non-hydrogen) atoms. The number of hydrogen-bond acceptors (Lipinski definition) is 3. The second-order valence-corrected chi connectivity index (χ2v) is 6.76. The van der Waals surface area contributed by atoms with Crippen molar-refractivity contribution in [2.24, 2.45) is 23.6 Å². The average Bonchev–Trinajstić information content (AvgIpc) is 2.89. The maximum absolute atomic E-state index is 5.67. The van der Waals surface area contributed by atoms with Crippen LogP contribution in [0.3, 0.4) is 0 Å². The Morgan fingerprint density at radius 3 is 2.81 bits per heavy atom. The largest absolute Gasteiger partial charge is 0.271 e. The number of thioether (sulfide) groups is 1. The van der Waals surface area contributed by atoms with Crippen molar-refractivity contribution in [2.75, 3.05) is 11.5 Å². The van der Waals surface area contributed by atoms with Crippen LogP contribution >= 0.6 is 11.8 Å². The number of fused-ring (bicyclic) bond motifs is 2. The monoisotopic (exact) mass is 242 g/mol. The molecule has 0 amide bonds. The van der Waals surface area contributed by atoms with Crippen LogP contribution in [0.25, 0.3) is 0 Å². The summed E-state index contributed by atoms with van der Waals surface area (Å²) in [5.41, 5.74) is 3.03. The minimum atomic E-state index is 0.542. The molecule has 0 heterocycles. The van der Waals surface area contributed by atoms with Crippen molar-refractivity contribution in [3.63, 3.8) is 0 Å². The second kappa shape index (κ2) is 6.27. The molecular weight excluding hydrogens is 216 g/mol. The van der Waals surface area contributed by atoms with Crippen molar-refractivity contribution in [1.29, 1.82) is 0 Å². The molecule has 0 aliphatic heterocycles. The Labute approximate surface area is 104 Å². The maximum atomic E-state index is 5.67. The van der Waals surface area contributed by atoms with Crippen molar-refractivity contribution < 1.29 is 0 Å². The third-order valence-electron chi connectivity index (χ3n) is 4.38. The molecule has 2 rings (SSSR count). The normalized spacial score (nSPS) is 34.5. The Morgan fingerprint density at radius 2 is 2.25 bits per heavy atom. The topological polar surface area (TPSA) is 38.0 Å². The second-order valence-electron chi connectivity index (χ2n) is 5.61. The summed E-state index contributed by atoms with van der Waals surface area (Å²) in [6.07, 6.45) is 8.59. The molecule has 2 fully saturated rings. The van der Waals surface area contributed by atoms with Gasteiger partial charge in [0.2, 0.25) is 0 Å². The first-order valence-corrected chi connectivity index (χ1v) is 8.02. The van der Waals surface area contributed by atoms with Gasteiger partial charge in [-0.15, -0.1) is 0 Å². The van der Waals surface area contributed by atoms with Gasteiger partial charge in [0.25, 0.3) is 0 Å². The summed E-state index contributed by atoms with van der Waals surface area (Å²) in [5.74, 6) is 11.2. The van der Waals surface area contributed by atoms with Crippen molar-refractivity contribution in [3.8, 4) is 0 Å². The fourth-order valence-electron chi connectivity index (χ4n) is 3.58. The van der Waals surface area contributed by atoms with Crippen LogP contribution in [0.5, 0.6) is 0 Å². The van der Waals surface area contributed by atoms with Crippen molar-refractivity contribution >= 4 is 11.8 Å². The number of hydrazine groups is 1. The molecule has 0 aromatic heterocycles. The molecule has 0 spiro atoms. The van der Waals surface area contributed by atoms with Crippen LogP contribution in [0, 0.1) is 17.8 Å². The van der Waals surface area contributed by atoms with Crippen molar-refractivity contribution in [3.05, 3.63) is 0 Å². The van der Waals surface area contributed by atoms with Crippen molar-refractivity contribution in [1.82, 2.24) is 5.43 Å². The maximum Gasteiger partial charge on any atom is 0.0303 e. The van der Waals surface area contributed by atoms with E-state index in [1.165, 1.54) is 50.0 Å². The van der Waals surface area contributed by atoms with E-state index in [2.05, 4.69) is 12.3 Å². The van der Waals surface area contributed by atoms with Crippen LogP contribution < -0.4 is 11.3 Å². The highest BCUT2D eigenvalue weighted by Gasteiger charge is 2.39. The molecule has 3 heteroatoms. The first-order chi connectivity index (χ1) is 7.83. The molecule has 2 aliphatic carbocycles. The van der Waals surface area contributed by atoms with Gasteiger partial charge in [0.05, 0.1) is 0 Å². The molecule has 2 bridgehead atoms. The first kappa shape index (κ1) is 12.7. The summed E-state index contributed by atoms with van der Waals surface area (Å²) < 4.78 is 0. The highest BCUT2D eigenvalue weighted by molar-refractivity contribution is 7.99. The van der Waals surface area contributed by atoms with Crippen LogP contribution in [-0.4, -0.2) is 17.5 Å². The summed E-state index contributed by atoms with van der Waals surface area (Å²) in [6, 6.07) is 0.542. The summed E-state index contributed by atoms with van der Waals surface area (Å²) in [4.78, 5) is 0. The van der Waals surface area contributed by atoms with Gasteiger partial charge < -0.3 is 0 Å². The van der Waals surface area contributed by atoms with Gasteiger partial charge in [-0.1, -0.05) is 13.3 Å². The molecule has 2 saturated carbocycles. The minimum Gasteiger partial charge on any atom is -0.271 e. The van der Waals surface area contributed by atoms with Gasteiger partial charge in [-0.05, 0) is 55.6 Å². The summed E-state index contributed by atoms with van der Waals surface area (Å²) in [7, 11) is 0. The van der Waals surface area contributed by atoms with Crippen molar-refractivity contribution in [2.45, 2.75) is 51.5 Å². The van der Waals surface area contributed by atoms with E-state index >= 15 is 0 Å². The lowest BCUT2D eigenvalue weighted by atomic mass is 9.84. The van der Waals surface area contributed by atoms with E-state index in [0.29, 0.717) is 6.04 Å². The molecule has 3 N–H and O–H groups in total. The quantitative estimate of drug-likeness (QED) is 0.409. The zero-order valence-corrected chi connectivity index (χ0v) is 11.3. The Hall–Kier alpha value is 0.270. The Morgan fingerprint density at radius 1 is 1.38 bits per heavy atom. The molecule has 2 aliphatic rings. The van der Waals surface area contributed by atoms with E-state index in [4.69, 9.17) is 5.84 Å². The Bertz CT molecular complexity index is 210. The molecule has 4 unspecified atom stereocenters. The van der Waals surface area contributed by atoms with E-state index in [-0.39, 0.29) is 0 Å². The highest BCUT2D eigenvalue weighted by Crippen LogP contribution is 2.49. The van der Waals surface area contributed by atoms with Gasteiger partial charge >= 0.3 is 0 Å². The van der Waals surface area contributed by atoms with Gasteiger partial charge in [0.1, 0.15) is 0 Å². The molecule has 0 aromatic carbocycles. The van der Waals surface area contributed by atoms with Gasteiger partial charge in [-0.2, -0.15) is 11.8 Å². The average molecular weight is 242 g/mol. The van der Waals surface area contributed by atoms with Crippen LogP contribution in [0.4, 0.5) is 0 Å². The van der Waals surface area contributed by atoms with E-state index in [0.717, 1.165) is 17.8 Å². The van der Waals surface area contributed by atoms with Gasteiger partial charge in [-0.3, -0.25) is 11.3 Å². The predicted octanol–water partition coefficient (Wildman–Crippen LogP) is 2.79. The Balaban J connectivity index is 1.70. The van der Waals surface area contributed by atoms with E-state index in [1.807, 2.05) is 11.8 Å². The zero-order valence-electron chi connectivity index (χ0n) is 10.5. The zero-order chi connectivity index (χ0) is 11.4. The van der Waals surface area contributed by atoms with Crippen LogP contribution in [0.1, 0.15) is 45.4 Å². The lowest BCUT2D eigenvalue weighted by molar-refractivity contribution is 0.287. The molecular formula is C13H26N2S. The first-order valence-electron chi connectivity index (χ1n) is 6.87. The third kappa shape index (κ3) is 3.14. The molecule has 0 aromatic rings. The fraction of sp³-hybridized carbons (Fsp3) is 1.00. The molecule has 4 atom stereocenters. The molecule has 2 nitrogen and oxygen atoms in total. The van der Waals surface area contributed by atoms with Gasteiger partial charge in [0.15, 0.2) is 0 Å². The van der Waals surface area contributed by atoms with Crippen LogP contribution in [0.15, 0.2) is 0 Å². The summed E-state index contributed by atoms with van der Waals surface area (Å²) >= 11 is 2.05. The summed E-state index contributed by atoms with van der Waals surface area (Å²) in [5, 5.41) is 0. The van der Waals surface area contributed by atoms with Crippen LogP contribution in [0.2, 0.25) is 0 Å². The highest BCUT2D eigenvalue weighted by atomic mass is 32.2. The molecule has 0 saturated heterocycles. The lowest BCUT2D eigenvalue weighted by Gasteiger charge is -2.26. The number of rotatable bonds is 7. The predicted molar refractivity (Wildman–Crippen MR) is 72.3 cm³/mol. The SMILES string of the molecule is CCCSCC(CC1CC2CCC1C2)NN. The Kier molecular flexibility index (Phi) is 4.98. The number of hydrogen-bond donors (Lipinski definition) is 2.